The van der Waals surface area contributed by atoms with Crippen molar-refractivity contribution in [1.82, 2.24) is 5.32 Å². The van der Waals surface area contributed by atoms with Crippen molar-refractivity contribution in [3.8, 4) is 12.3 Å². The third kappa shape index (κ3) is 3.35. The van der Waals surface area contributed by atoms with Crippen LogP contribution >= 0.6 is 0 Å². The van der Waals surface area contributed by atoms with E-state index >= 15 is 0 Å². The van der Waals surface area contributed by atoms with Crippen molar-refractivity contribution < 1.29 is 13.6 Å². The van der Waals surface area contributed by atoms with E-state index in [0.717, 1.165) is 12.1 Å². The maximum Gasteiger partial charge on any atom is 0.224 e. The number of nitrogens with one attached hydrogen (secondary N) is 1. The molecule has 0 atom stereocenters. The summed E-state index contributed by atoms with van der Waals surface area (Å²) in [4.78, 5) is 11.3. The lowest BCUT2D eigenvalue weighted by Gasteiger charge is -2.05. The second-order valence-electron chi connectivity index (χ2n) is 3.18. The zero-order chi connectivity index (χ0) is 12.0. The highest BCUT2D eigenvalue weighted by Gasteiger charge is 2.12. The van der Waals surface area contributed by atoms with Gasteiger partial charge in [0.05, 0.1) is 6.42 Å². The van der Waals surface area contributed by atoms with E-state index in [2.05, 4.69) is 11.2 Å². The molecule has 1 amide bonds. The van der Waals surface area contributed by atoms with Crippen LogP contribution in [0.25, 0.3) is 0 Å². The summed E-state index contributed by atoms with van der Waals surface area (Å²) in [6.45, 7) is 0.311. The maximum absolute atomic E-state index is 13.1. The van der Waals surface area contributed by atoms with E-state index in [9.17, 15) is 13.6 Å². The predicted molar refractivity (Wildman–Crippen MR) is 56.5 cm³/mol. The Kier molecular flexibility index (Phi) is 4.46. The van der Waals surface area contributed by atoms with Crippen molar-refractivity contribution in [2.75, 3.05) is 6.54 Å². The summed E-state index contributed by atoms with van der Waals surface area (Å²) in [6.07, 6.45) is 5.07. The Morgan fingerprint density at radius 1 is 1.38 bits per heavy atom. The Balaban J connectivity index is 2.60. The SMILES string of the molecule is C#CCCNC(=O)Cc1c(F)cccc1F. The number of hydrogen-bond acceptors (Lipinski definition) is 1. The van der Waals surface area contributed by atoms with Gasteiger partial charge >= 0.3 is 0 Å². The van der Waals surface area contributed by atoms with E-state index in [1.807, 2.05) is 0 Å². The Bertz CT molecular complexity index is 403. The van der Waals surface area contributed by atoms with E-state index in [1.54, 1.807) is 0 Å². The van der Waals surface area contributed by atoms with Crippen LogP contribution in [-0.2, 0) is 11.2 Å². The van der Waals surface area contributed by atoms with Gasteiger partial charge in [0.15, 0.2) is 0 Å². The fourth-order valence-electron chi connectivity index (χ4n) is 1.20. The van der Waals surface area contributed by atoms with Gasteiger partial charge in [0.25, 0.3) is 0 Å². The molecule has 0 unspecified atom stereocenters. The molecular weight excluding hydrogens is 212 g/mol. The van der Waals surface area contributed by atoms with Crippen LogP contribution in [0, 0.1) is 24.0 Å². The molecule has 0 bridgehead atoms. The summed E-state index contributed by atoms with van der Waals surface area (Å²) in [6, 6.07) is 3.49. The fourth-order valence-corrected chi connectivity index (χ4v) is 1.20. The highest BCUT2D eigenvalue weighted by molar-refractivity contribution is 5.78. The standard InChI is InChI=1S/C12H11F2NO/c1-2-3-7-15-12(16)8-9-10(13)5-4-6-11(9)14/h1,4-6H,3,7-8H2,(H,15,16). The molecule has 1 N–H and O–H groups in total. The van der Waals surface area contributed by atoms with Gasteiger partial charge in [0.1, 0.15) is 11.6 Å². The number of terminal acetylenes is 1. The van der Waals surface area contributed by atoms with Crippen molar-refractivity contribution in [1.29, 1.82) is 0 Å². The first kappa shape index (κ1) is 12.2. The van der Waals surface area contributed by atoms with Gasteiger partial charge in [0, 0.05) is 18.5 Å². The van der Waals surface area contributed by atoms with Gasteiger partial charge in [-0.2, -0.15) is 0 Å². The average Bonchev–Trinajstić information content (AvgIpc) is 2.24. The molecule has 0 saturated carbocycles. The molecule has 0 heterocycles. The van der Waals surface area contributed by atoms with E-state index in [0.29, 0.717) is 13.0 Å². The second-order valence-corrected chi connectivity index (χ2v) is 3.18. The van der Waals surface area contributed by atoms with Gasteiger partial charge in [-0.05, 0) is 12.1 Å². The number of carbonyl (C=O) groups excluding carboxylic acids is 1. The summed E-state index contributed by atoms with van der Waals surface area (Å²) in [5, 5.41) is 2.47. The Hall–Kier alpha value is -1.89. The highest BCUT2D eigenvalue weighted by Crippen LogP contribution is 2.12. The van der Waals surface area contributed by atoms with Crippen LogP contribution in [0.3, 0.4) is 0 Å². The Labute approximate surface area is 92.7 Å². The molecule has 0 aliphatic carbocycles. The number of hydrogen-bond donors (Lipinski definition) is 1. The monoisotopic (exact) mass is 223 g/mol. The average molecular weight is 223 g/mol. The molecule has 4 heteroatoms. The van der Waals surface area contributed by atoms with Crippen LogP contribution in [0.4, 0.5) is 8.78 Å². The first-order valence-electron chi connectivity index (χ1n) is 4.78. The molecular formula is C12H11F2NO. The molecule has 0 spiro atoms. The van der Waals surface area contributed by atoms with Crippen LogP contribution in [0.2, 0.25) is 0 Å². The lowest BCUT2D eigenvalue weighted by Crippen LogP contribution is -2.26. The van der Waals surface area contributed by atoms with Crippen LogP contribution in [0.1, 0.15) is 12.0 Å². The van der Waals surface area contributed by atoms with E-state index < -0.39 is 17.5 Å². The zero-order valence-corrected chi connectivity index (χ0v) is 8.59. The molecule has 1 aromatic carbocycles. The number of halogens is 2. The molecule has 2 nitrogen and oxygen atoms in total. The molecule has 1 rings (SSSR count). The van der Waals surface area contributed by atoms with Crippen LogP contribution in [0.15, 0.2) is 18.2 Å². The summed E-state index contributed by atoms with van der Waals surface area (Å²) >= 11 is 0. The fraction of sp³-hybridized carbons (Fsp3) is 0.250. The van der Waals surface area contributed by atoms with Crippen molar-refractivity contribution >= 4 is 5.91 Å². The molecule has 1 aromatic rings. The summed E-state index contributed by atoms with van der Waals surface area (Å²) < 4.78 is 26.3. The highest BCUT2D eigenvalue weighted by atomic mass is 19.1. The first-order chi connectivity index (χ1) is 7.65. The minimum atomic E-state index is -0.716. The van der Waals surface area contributed by atoms with Gasteiger partial charge in [0.2, 0.25) is 5.91 Å². The molecule has 0 aliphatic rings. The third-order valence-corrected chi connectivity index (χ3v) is 1.99. The Morgan fingerprint density at radius 2 is 2.00 bits per heavy atom. The minimum absolute atomic E-state index is 0.222. The van der Waals surface area contributed by atoms with Crippen LogP contribution in [-0.4, -0.2) is 12.5 Å². The van der Waals surface area contributed by atoms with Gasteiger partial charge in [-0.15, -0.1) is 12.3 Å². The van der Waals surface area contributed by atoms with Gasteiger partial charge in [-0.3, -0.25) is 4.79 Å². The molecule has 84 valence electrons. The van der Waals surface area contributed by atoms with Crippen LogP contribution < -0.4 is 5.32 Å². The summed E-state index contributed by atoms with van der Waals surface area (Å²) in [7, 11) is 0. The molecule has 0 saturated heterocycles. The van der Waals surface area contributed by atoms with Crippen molar-refractivity contribution in [3.63, 3.8) is 0 Å². The lowest BCUT2D eigenvalue weighted by atomic mass is 10.1. The summed E-state index contributed by atoms with van der Waals surface area (Å²) in [5.41, 5.74) is -0.222. The number of rotatable bonds is 4. The van der Waals surface area contributed by atoms with Gasteiger partial charge in [-0.1, -0.05) is 6.07 Å². The number of amides is 1. The van der Waals surface area contributed by atoms with Gasteiger partial charge in [-0.25, -0.2) is 8.78 Å². The topological polar surface area (TPSA) is 29.1 Å². The number of carbonyl (C=O) groups is 1. The predicted octanol–water partition coefficient (Wildman–Crippen LogP) is 1.65. The minimum Gasteiger partial charge on any atom is -0.355 e. The Morgan fingerprint density at radius 3 is 2.56 bits per heavy atom. The van der Waals surface area contributed by atoms with Crippen molar-refractivity contribution in [2.24, 2.45) is 0 Å². The molecule has 0 aromatic heterocycles. The quantitative estimate of drug-likeness (QED) is 0.610. The lowest BCUT2D eigenvalue weighted by molar-refractivity contribution is -0.120. The molecule has 0 fully saturated rings. The second kappa shape index (κ2) is 5.86. The zero-order valence-electron chi connectivity index (χ0n) is 8.59. The van der Waals surface area contributed by atoms with E-state index in [4.69, 9.17) is 6.42 Å². The third-order valence-electron chi connectivity index (χ3n) is 1.99. The molecule has 0 radical (unpaired) electrons. The van der Waals surface area contributed by atoms with E-state index in [-0.39, 0.29) is 12.0 Å². The van der Waals surface area contributed by atoms with Gasteiger partial charge < -0.3 is 5.32 Å². The largest absolute Gasteiger partial charge is 0.355 e. The van der Waals surface area contributed by atoms with Crippen molar-refractivity contribution in [2.45, 2.75) is 12.8 Å². The van der Waals surface area contributed by atoms with E-state index in [1.165, 1.54) is 6.07 Å². The molecule has 0 aliphatic heterocycles. The maximum atomic E-state index is 13.1. The normalized spacial score (nSPS) is 9.56. The summed E-state index contributed by atoms with van der Waals surface area (Å²) in [5.74, 6) is 0.470. The smallest absolute Gasteiger partial charge is 0.224 e. The molecule has 16 heavy (non-hydrogen) atoms. The first-order valence-corrected chi connectivity index (χ1v) is 4.78. The van der Waals surface area contributed by atoms with Crippen molar-refractivity contribution in [3.05, 3.63) is 35.4 Å². The van der Waals surface area contributed by atoms with Crippen LogP contribution in [0.5, 0.6) is 0 Å². The number of benzene rings is 1.